The minimum absolute atomic E-state index is 0.128. The molecule has 0 aromatic heterocycles. The van der Waals surface area contributed by atoms with Gasteiger partial charge in [0.25, 0.3) is 0 Å². The summed E-state index contributed by atoms with van der Waals surface area (Å²) in [5.74, 6) is 1.88. The summed E-state index contributed by atoms with van der Waals surface area (Å²) in [5.41, 5.74) is 2.19. The molecule has 1 aliphatic carbocycles. The van der Waals surface area contributed by atoms with Gasteiger partial charge < -0.3 is 10.2 Å². The molecule has 0 unspecified atom stereocenters. The quantitative estimate of drug-likeness (QED) is 0.906. The molecule has 3 fully saturated rings. The van der Waals surface area contributed by atoms with Crippen LogP contribution in [0.1, 0.15) is 44.9 Å². The molecule has 1 N–H and O–H groups in total. The van der Waals surface area contributed by atoms with Crippen molar-refractivity contribution in [2.45, 2.75) is 44.9 Å². The predicted octanol–water partition coefficient (Wildman–Crippen LogP) is 3.74. The maximum atomic E-state index is 12.4. The van der Waals surface area contributed by atoms with E-state index in [4.69, 9.17) is 0 Å². The Hall–Kier alpha value is -1.55. The van der Waals surface area contributed by atoms with Crippen LogP contribution in [0.5, 0.6) is 0 Å². The van der Waals surface area contributed by atoms with Crippen LogP contribution < -0.4 is 10.2 Å². The van der Waals surface area contributed by atoms with E-state index in [1.807, 2.05) is 12.1 Å². The summed E-state index contributed by atoms with van der Waals surface area (Å²) in [6.45, 7) is 5.05. The topological polar surface area (TPSA) is 35.6 Å². The number of nitrogens with one attached hydrogen (secondary N) is 1. The van der Waals surface area contributed by atoms with E-state index >= 15 is 0 Å². The monoisotopic (exact) mass is 341 g/mol. The molecule has 2 atom stereocenters. The second kappa shape index (κ2) is 7.77. The first-order valence-corrected chi connectivity index (χ1v) is 10.2. The van der Waals surface area contributed by atoms with Crippen LogP contribution in [0, 0.1) is 11.8 Å². The van der Waals surface area contributed by atoms with E-state index in [0.29, 0.717) is 6.54 Å². The second-order valence-corrected chi connectivity index (χ2v) is 8.12. The molecule has 1 aromatic carbocycles. The lowest BCUT2D eigenvalue weighted by Gasteiger charge is -2.41. The van der Waals surface area contributed by atoms with E-state index in [2.05, 4.69) is 27.2 Å². The van der Waals surface area contributed by atoms with Crippen molar-refractivity contribution in [3.05, 3.63) is 24.3 Å². The van der Waals surface area contributed by atoms with Gasteiger partial charge in [0, 0.05) is 31.0 Å². The fourth-order valence-electron chi connectivity index (χ4n) is 4.95. The summed E-state index contributed by atoms with van der Waals surface area (Å²) in [5, 5.41) is 3.08. The van der Waals surface area contributed by atoms with Gasteiger partial charge in [-0.3, -0.25) is 9.69 Å². The maximum Gasteiger partial charge on any atom is 0.238 e. The Bertz CT molecular complexity index is 579. The molecule has 2 heterocycles. The van der Waals surface area contributed by atoms with Gasteiger partial charge in [0.1, 0.15) is 0 Å². The smallest absolute Gasteiger partial charge is 0.238 e. The number of carbonyl (C=O) groups is 1. The third-order valence-corrected chi connectivity index (χ3v) is 6.36. The van der Waals surface area contributed by atoms with Crippen LogP contribution in [0.25, 0.3) is 0 Å². The van der Waals surface area contributed by atoms with Crippen LogP contribution in [-0.4, -0.2) is 43.5 Å². The summed E-state index contributed by atoms with van der Waals surface area (Å²) >= 11 is 0. The van der Waals surface area contributed by atoms with Crippen molar-refractivity contribution in [1.82, 2.24) is 4.90 Å². The van der Waals surface area contributed by atoms with Crippen LogP contribution in [0.15, 0.2) is 24.3 Å². The Balaban J connectivity index is 1.27. The average molecular weight is 341 g/mol. The Kier molecular flexibility index (Phi) is 5.25. The molecule has 4 nitrogen and oxygen atoms in total. The van der Waals surface area contributed by atoms with Gasteiger partial charge in [-0.1, -0.05) is 19.3 Å². The number of rotatable bonds is 4. The molecule has 2 saturated heterocycles. The van der Waals surface area contributed by atoms with E-state index in [1.165, 1.54) is 50.6 Å². The van der Waals surface area contributed by atoms with Crippen molar-refractivity contribution in [2.24, 2.45) is 11.8 Å². The van der Waals surface area contributed by atoms with Crippen LogP contribution in [0.3, 0.4) is 0 Å². The Labute approximate surface area is 151 Å². The normalized spacial score (nSPS) is 27.1. The Morgan fingerprint density at radius 1 is 0.920 bits per heavy atom. The van der Waals surface area contributed by atoms with Crippen LogP contribution in [0.2, 0.25) is 0 Å². The van der Waals surface area contributed by atoms with Gasteiger partial charge in [-0.05, 0) is 68.3 Å². The summed E-state index contributed by atoms with van der Waals surface area (Å²) in [6.07, 6.45) is 9.42. The lowest BCUT2D eigenvalue weighted by atomic mass is 9.75. The van der Waals surface area contributed by atoms with Crippen LogP contribution in [-0.2, 0) is 4.79 Å². The number of anilines is 2. The maximum absolute atomic E-state index is 12.4. The zero-order valence-electron chi connectivity index (χ0n) is 15.3. The summed E-state index contributed by atoms with van der Waals surface area (Å²) in [4.78, 5) is 17.2. The Morgan fingerprint density at radius 3 is 2.40 bits per heavy atom. The molecule has 0 bridgehead atoms. The van der Waals surface area contributed by atoms with Crippen LogP contribution >= 0.6 is 0 Å². The number of fused-ring (bicyclic) bond motifs is 1. The standard InChI is InChI=1S/C21H31N3O/c25-21(16-23-14-11-17-5-1-2-6-18(17)15-23)22-19-7-9-20(10-8-19)24-12-3-4-13-24/h7-10,17-18H,1-6,11-16H2,(H,22,25)/t17-,18+/m0/s1. The number of hydrogen-bond donors (Lipinski definition) is 1. The fraction of sp³-hybridized carbons (Fsp3) is 0.667. The van der Waals surface area contributed by atoms with Crippen molar-refractivity contribution >= 4 is 17.3 Å². The van der Waals surface area contributed by atoms with Gasteiger partial charge in [0.05, 0.1) is 6.54 Å². The van der Waals surface area contributed by atoms with Crippen molar-refractivity contribution in [1.29, 1.82) is 0 Å². The molecule has 1 aromatic rings. The van der Waals surface area contributed by atoms with Crippen molar-refractivity contribution in [3.8, 4) is 0 Å². The summed E-state index contributed by atoms with van der Waals surface area (Å²) in [6, 6.07) is 8.35. The van der Waals surface area contributed by atoms with E-state index < -0.39 is 0 Å². The van der Waals surface area contributed by atoms with E-state index in [9.17, 15) is 4.79 Å². The number of piperidine rings is 1. The zero-order valence-corrected chi connectivity index (χ0v) is 15.3. The van der Waals surface area contributed by atoms with Gasteiger partial charge in [0.15, 0.2) is 0 Å². The van der Waals surface area contributed by atoms with E-state index in [0.717, 1.165) is 43.7 Å². The summed E-state index contributed by atoms with van der Waals surface area (Å²) in [7, 11) is 0. The zero-order chi connectivity index (χ0) is 17.1. The summed E-state index contributed by atoms with van der Waals surface area (Å²) < 4.78 is 0. The van der Waals surface area contributed by atoms with Gasteiger partial charge in [-0.25, -0.2) is 0 Å². The van der Waals surface area contributed by atoms with E-state index in [-0.39, 0.29) is 5.91 Å². The molecule has 1 amide bonds. The molecular weight excluding hydrogens is 310 g/mol. The van der Waals surface area contributed by atoms with Crippen molar-refractivity contribution in [2.75, 3.05) is 42.9 Å². The molecule has 136 valence electrons. The number of nitrogens with zero attached hydrogens (tertiary/aromatic N) is 2. The molecule has 25 heavy (non-hydrogen) atoms. The Morgan fingerprint density at radius 2 is 1.64 bits per heavy atom. The van der Waals surface area contributed by atoms with E-state index in [1.54, 1.807) is 0 Å². The van der Waals surface area contributed by atoms with Gasteiger partial charge in [-0.15, -0.1) is 0 Å². The number of amides is 1. The highest BCUT2D eigenvalue weighted by atomic mass is 16.2. The highest BCUT2D eigenvalue weighted by molar-refractivity contribution is 5.92. The molecule has 2 aliphatic heterocycles. The molecule has 0 radical (unpaired) electrons. The fourth-order valence-corrected chi connectivity index (χ4v) is 4.95. The third-order valence-electron chi connectivity index (χ3n) is 6.36. The highest BCUT2D eigenvalue weighted by Crippen LogP contribution is 2.35. The van der Waals surface area contributed by atoms with Gasteiger partial charge in [-0.2, -0.15) is 0 Å². The average Bonchev–Trinajstić information content (AvgIpc) is 3.17. The highest BCUT2D eigenvalue weighted by Gasteiger charge is 2.31. The van der Waals surface area contributed by atoms with Crippen molar-refractivity contribution in [3.63, 3.8) is 0 Å². The third kappa shape index (κ3) is 4.17. The van der Waals surface area contributed by atoms with Gasteiger partial charge in [0.2, 0.25) is 5.91 Å². The second-order valence-electron chi connectivity index (χ2n) is 8.12. The molecule has 1 saturated carbocycles. The minimum atomic E-state index is 0.128. The first-order chi connectivity index (χ1) is 12.3. The first kappa shape index (κ1) is 16.9. The first-order valence-electron chi connectivity index (χ1n) is 10.2. The minimum Gasteiger partial charge on any atom is -0.372 e. The molecular formula is C21H31N3O. The number of benzene rings is 1. The van der Waals surface area contributed by atoms with Crippen molar-refractivity contribution < 1.29 is 4.79 Å². The molecule has 0 spiro atoms. The molecule has 4 rings (SSSR count). The SMILES string of the molecule is O=C(CN1CC[C@@H]2CCCC[C@@H]2C1)Nc1ccc(N2CCCC2)cc1. The predicted molar refractivity (Wildman–Crippen MR) is 103 cm³/mol. The number of likely N-dealkylation sites (tertiary alicyclic amines) is 1. The lowest BCUT2D eigenvalue weighted by molar-refractivity contribution is -0.118. The number of carbonyl (C=O) groups excluding carboxylic acids is 1. The number of hydrogen-bond acceptors (Lipinski definition) is 3. The lowest BCUT2D eigenvalue weighted by Crippen LogP contribution is -2.44. The molecule has 4 heteroatoms. The van der Waals surface area contributed by atoms with Crippen LogP contribution in [0.4, 0.5) is 11.4 Å². The molecule has 3 aliphatic rings. The van der Waals surface area contributed by atoms with Gasteiger partial charge >= 0.3 is 0 Å². The largest absolute Gasteiger partial charge is 0.372 e.